The van der Waals surface area contributed by atoms with Crippen molar-refractivity contribution >= 4 is 23.3 Å². The van der Waals surface area contributed by atoms with Gasteiger partial charge >= 0.3 is 5.97 Å². The Bertz CT molecular complexity index is 772. The Balaban J connectivity index is 1.95. The SMILES string of the molecule is CCCCNc1ccccc1C(=O)OCC(=O)Nc1ccccc1C(C)C. The monoisotopic (exact) mass is 368 g/mol. The summed E-state index contributed by atoms with van der Waals surface area (Å²) in [6, 6.07) is 14.8. The van der Waals surface area contributed by atoms with Gasteiger partial charge in [0.15, 0.2) is 6.61 Å². The molecule has 2 aromatic carbocycles. The smallest absolute Gasteiger partial charge is 0.340 e. The number of benzene rings is 2. The number of ether oxygens (including phenoxy) is 1. The maximum atomic E-state index is 12.4. The molecule has 5 nitrogen and oxygen atoms in total. The molecule has 2 rings (SSSR count). The summed E-state index contributed by atoms with van der Waals surface area (Å²) in [5, 5.41) is 6.06. The molecule has 0 saturated heterocycles. The molecule has 0 aliphatic heterocycles. The normalized spacial score (nSPS) is 10.5. The summed E-state index contributed by atoms with van der Waals surface area (Å²) in [7, 11) is 0. The summed E-state index contributed by atoms with van der Waals surface area (Å²) in [6.45, 7) is 6.70. The first-order valence-electron chi connectivity index (χ1n) is 9.41. The van der Waals surface area contributed by atoms with Gasteiger partial charge < -0.3 is 15.4 Å². The lowest BCUT2D eigenvalue weighted by Gasteiger charge is -2.14. The van der Waals surface area contributed by atoms with Gasteiger partial charge in [-0.15, -0.1) is 0 Å². The minimum absolute atomic E-state index is 0.283. The van der Waals surface area contributed by atoms with Crippen LogP contribution in [0.5, 0.6) is 0 Å². The summed E-state index contributed by atoms with van der Waals surface area (Å²) >= 11 is 0. The van der Waals surface area contributed by atoms with E-state index in [9.17, 15) is 9.59 Å². The van der Waals surface area contributed by atoms with Crippen molar-refractivity contribution in [2.75, 3.05) is 23.8 Å². The fourth-order valence-corrected chi connectivity index (χ4v) is 2.72. The largest absolute Gasteiger partial charge is 0.452 e. The molecule has 0 fully saturated rings. The fraction of sp³-hybridized carbons (Fsp3) is 0.364. The summed E-state index contributed by atoms with van der Waals surface area (Å²) in [6.07, 6.45) is 2.08. The fourth-order valence-electron chi connectivity index (χ4n) is 2.72. The van der Waals surface area contributed by atoms with Crippen LogP contribution >= 0.6 is 0 Å². The summed E-state index contributed by atoms with van der Waals surface area (Å²) in [5.74, 6) is -0.583. The number of rotatable bonds is 9. The van der Waals surface area contributed by atoms with E-state index in [1.807, 2.05) is 36.4 Å². The van der Waals surface area contributed by atoms with Gasteiger partial charge in [-0.1, -0.05) is 57.5 Å². The topological polar surface area (TPSA) is 67.4 Å². The summed E-state index contributed by atoms with van der Waals surface area (Å²) in [5.41, 5.74) is 2.95. The van der Waals surface area contributed by atoms with Crippen molar-refractivity contribution in [2.24, 2.45) is 0 Å². The van der Waals surface area contributed by atoms with Crippen LogP contribution in [0.25, 0.3) is 0 Å². The van der Waals surface area contributed by atoms with Gasteiger partial charge in [-0.25, -0.2) is 4.79 Å². The van der Waals surface area contributed by atoms with Crippen LogP contribution in [0, 0.1) is 0 Å². The number of nitrogens with one attached hydrogen (secondary N) is 2. The highest BCUT2D eigenvalue weighted by atomic mass is 16.5. The molecule has 0 aliphatic rings. The molecule has 27 heavy (non-hydrogen) atoms. The Morgan fingerprint density at radius 1 is 1.00 bits per heavy atom. The van der Waals surface area contributed by atoms with Crippen molar-refractivity contribution in [3.05, 3.63) is 59.7 Å². The molecule has 0 radical (unpaired) electrons. The zero-order chi connectivity index (χ0) is 19.6. The first kappa shape index (κ1) is 20.5. The number of hydrogen-bond donors (Lipinski definition) is 2. The van der Waals surface area contributed by atoms with Crippen LogP contribution in [0.2, 0.25) is 0 Å². The summed E-state index contributed by atoms with van der Waals surface area (Å²) in [4.78, 5) is 24.6. The van der Waals surface area contributed by atoms with Gasteiger partial charge in [0.1, 0.15) is 0 Å². The highest BCUT2D eigenvalue weighted by molar-refractivity contribution is 5.98. The third kappa shape index (κ3) is 6.13. The first-order valence-corrected chi connectivity index (χ1v) is 9.41. The number of anilines is 2. The van der Waals surface area contributed by atoms with Gasteiger partial charge in [-0.3, -0.25) is 4.79 Å². The molecular formula is C22H28N2O3. The van der Waals surface area contributed by atoms with E-state index in [2.05, 4.69) is 31.4 Å². The lowest BCUT2D eigenvalue weighted by atomic mass is 10.0. The lowest BCUT2D eigenvalue weighted by Crippen LogP contribution is -2.22. The number of esters is 1. The lowest BCUT2D eigenvalue weighted by molar-refractivity contribution is -0.119. The molecule has 0 aliphatic carbocycles. The second-order valence-electron chi connectivity index (χ2n) is 6.69. The molecule has 0 aromatic heterocycles. The number of unbranched alkanes of at least 4 members (excludes halogenated alkanes) is 1. The Kier molecular flexibility index (Phi) is 7.86. The molecule has 0 unspecified atom stereocenters. The van der Waals surface area contributed by atoms with Crippen molar-refractivity contribution in [1.82, 2.24) is 0 Å². The van der Waals surface area contributed by atoms with Crippen LogP contribution in [0.4, 0.5) is 11.4 Å². The van der Waals surface area contributed by atoms with E-state index in [1.165, 1.54) is 0 Å². The second kappa shape index (κ2) is 10.4. The van der Waals surface area contributed by atoms with Gasteiger partial charge in [-0.2, -0.15) is 0 Å². The molecule has 0 bridgehead atoms. The molecule has 0 spiro atoms. The number of amides is 1. The molecule has 0 heterocycles. The highest BCUT2D eigenvalue weighted by Gasteiger charge is 2.15. The van der Waals surface area contributed by atoms with Gasteiger partial charge in [0.25, 0.3) is 5.91 Å². The third-order valence-electron chi connectivity index (χ3n) is 4.18. The maximum Gasteiger partial charge on any atom is 0.340 e. The molecule has 0 saturated carbocycles. The number of carbonyl (C=O) groups excluding carboxylic acids is 2. The van der Waals surface area contributed by atoms with E-state index >= 15 is 0 Å². The van der Waals surface area contributed by atoms with Crippen molar-refractivity contribution < 1.29 is 14.3 Å². The molecule has 1 amide bonds. The number of hydrogen-bond acceptors (Lipinski definition) is 4. The van der Waals surface area contributed by atoms with Gasteiger partial charge in [0.05, 0.1) is 5.56 Å². The third-order valence-corrected chi connectivity index (χ3v) is 4.18. The Morgan fingerprint density at radius 2 is 1.67 bits per heavy atom. The zero-order valence-corrected chi connectivity index (χ0v) is 16.2. The second-order valence-corrected chi connectivity index (χ2v) is 6.69. The molecule has 144 valence electrons. The van der Waals surface area contributed by atoms with Crippen molar-refractivity contribution in [2.45, 2.75) is 39.5 Å². The number of carbonyl (C=O) groups is 2. The summed E-state index contributed by atoms with van der Waals surface area (Å²) < 4.78 is 5.22. The maximum absolute atomic E-state index is 12.4. The molecular weight excluding hydrogens is 340 g/mol. The molecule has 2 N–H and O–H groups in total. The van der Waals surface area contributed by atoms with Crippen LogP contribution in [0.3, 0.4) is 0 Å². The van der Waals surface area contributed by atoms with Crippen LogP contribution in [-0.2, 0) is 9.53 Å². The highest BCUT2D eigenvalue weighted by Crippen LogP contribution is 2.23. The van der Waals surface area contributed by atoms with E-state index < -0.39 is 5.97 Å². The van der Waals surface area contributed by atoms with Gasteiger partial charge in [-0.05, 0) is 36.1 Å². The first-order chi connectivity index (χ1) is 13.0. The van der Waals surface area contributed by atoms with E-state index in [0.717, 1.165) is 36.3 Å². The average Bonchev–Trinajstić information content (AvgIpc) is 2.67. The number of para-hydroxylation sites is 2. The van der Waals surface area contributed by atoms with Crippen molar-refractivity contribution in [1.29, 1.82) is 0 Å². The minimum atomic E-state index is -0.512. The Morgan fingerprint density at radius 3 is 2.37 bits per heavy atom. The molecule has 5 heteroatoms. The Hall–Kier alpha value is -2.82. The van der Waals surface area contributed by atoms with Crippen LogP contribution in [-0.4, -0.2) is 25.0 Å². The van der Waals surface area contributed by atoms with Crippen LogP contribution in [0.15, 0.2) is 48.5 Å². The molecule has 0 atom stereocenters. The van der Waals surface area contributed by atoms with E-state index in [1.54, 1.807) is 12.1 Å². The van der Waals surface area contributed by atoms with E-state index in [0.29, 0.717) is 5.56 Å². The van der Waals surface area contributed by atoms with Crippen LogP contribution in [0.1, 0.15) is 55.5 Å². The standard InChI is InChI=1S/C22H28N2O3/c1-4-5-14-23-19-12-8-7-11-18(19)22(26)27-15-21(25)24-20-13-9-6-10-17(20)16(2)3/h6-13,16,23H,4-5,14-15H2,1-3H3,(H,24,25). The van der Waals surface area contributed by atoms with Crippen molar-refractivity contribution in [3.8, 4) is 0 Å². The average molecular weight is 368 g/mol. The van der Waals surface area contributed by atoms with E-state index in [-0.39, 0.29) is 18.4 Å². The predicted octanol–water partition coefficient (Wildman–Crippen LogP) is 4.82. The Labute approximate surface area is 161 Å². The minimum Gasteiger partial charge on any atom is -0.452 e. The van der Waals surface area contributed by atoms with Gasteiger partial charge in [0, 0.05) is 17.9 Å². The van der Waals surface area contributed by atoms with E-state index in [4.69, 9.17) is 4.74 Å². The quantitative estimate of drug-likeness (QED) is 0.492. The van der Waals surface area contributed by atoms with Crippen LogP contribution < -0.4 is 10.6 Å². The van der Waals surface area contributed by atoms with Crippen molar-refractivity contribution in [3.63, 3.8) is 0 Å². The predicted molar refractivity (Wildman–Crippen MR) is 109 cm³/mol. The van der Waals surface area contributed by atoms with Gasteiger partial charge in [0.2, 0.25) is 0 Å². The molecule has 2 aromatic rings. The zero-order valence-electron chi connectivity index (χ0n) is 16.2.